The van der Waals surface area contributed by atoms with Crippen LogP contribution in [-0.4, -0.2) is 34.6 Å². The zero-order chi connectivity index (χ0) is 21.5. The first-order valence-electron chi connectivity index (χ1n) is 10.2. The number of rotatable bonds is 8. The van der Waals surface area contributed by atoms with E-state index in [9.17, 15) is 9.59 Å². The molecule has 2 aromatic rings. The van der Waals surface area contributed by atoms with Gasteiger partial charge in [0.05, 0.1) is 5.75 Å². The van der Waals surface area contributed by atoms with Crippen molar-refractivity contribution in [2.75, 3.05) is 5.75 Å². The summed E-state index contributed by atoms with van der Waals surface area (Å²) in [5.74, 6) is -0.0373. The van der Waals surface area contributed by atoms with Gasteiger partial charge >= 0.3 is 0 Å². The lowest BCUT2D eigenvalue weighted by molar-refractivity contribution is -0.138. The van der Waals surface area contributed by atoms with Crippen LogP contribution in [0.1, 0.15) is 38.2 Å². The lowest BCUT2D eigenvalue weighted by Gasteiger charge is -2.30. The Morgan fingerprint density at radius 1 is 1.07 bits per heavy atom. The topological polar surface area (TPSA) is 49.4 Å². The number of nitrogens with one attached hydrogen (secondary N) is 1. The number of carbonyl (C=O) groups is 2. The van der Waals surface area contributed by atoms with E-state index in [4.69, 9.17) is 23.2 Å². The van der Waals surface area contributed by atoms with Crippen molar-refractivity contribution in [3.63, 3.8) is 0 Å². The molecule has 1 saturated carbocycles. The molecule has 0 aliphatic heterocycles. The minimum Gasteiger partial charge on any atom is -0.352 e. The molecule has 7 heteroatoms. The Morgan fingerprint density at radius 2 is 1.70 bits per heavy atom. The molecule has 0 aromatic heterocycles. The molecule has 160 valence electrons. The average Bonchev–Trinajstić information content (AvgIpc) is 3.25. The van der Waals surface area contributed by atoms with Crippen molar-refractivity contribution in [1.29, 1.82) is 0 Å². The molecule has 1 aliphatic rings. The highest BCUT2D eigenvalue weighted by Gasteiger charge is 2.29. The molecule has 1 N–H and O–H groups in total. The Morgan fingerprint density at radius 3 is 2.33 bits per heavy atom. The molecule has 1 aliphatic carbocycles. The summed E-state index contributed by atoms with van der Waals surface area (Å²) >= 11 is 14.1. The predicted molar refractivity (Wildman–Crippen MR) is 124 cm³/mol. The summed E-state index contributed by atoms with van der Waals surface area (Å²) in [7, 11) is 0. The number of amides is 2. The molecule has 0 radical (unpaired) electrons. The van der Waals surface area contributed by atoms with E-state index in [1.165, 1.54) is 11.8 Å². The molecule has 3 rings (SSSR count). The van der Waals surface area contributed by atoms with Crippen molar-refractivity contribution in [1.82, 2.24) is 10.2 Å². The summed E-state index contributed by atoms with van der Waals surface area (Å²) in [6.45, 7) is 1.95. The van der Waals surface area contributed by atoms with Crippen LogP contribution in [0.3, 0.4) is 0 Å². The van der Waals surface area contributed by atoms with Gasteiger partial charge < -0.3 is 10.2 Å². The molecule has 0 bridgehead atoms. The Hall–Kier alpha value is -1.69. The van der Waals surface area contributed by atoms with Crippen LogP contribution in [0.15, 0.2) is 53.4 Å². The first kappa shape index (κ1) is 23.0. The second kappa shape index (κ2) is 11.1. The van der Waals surface area contributed by atoms with Gasteiger partial charge in [-0.25, -0.2) is 0 Å². The average molecular weight is 465 g/mol. The van der Waals surface area contributed by atoms with Crippen LogP contribution in [0.5, 0.6) is 0 Å². The van der Waals surface area contributed by atoms with Crippen molar-refractivity contribution in [2.24, 2.45) is 0 Å². The summed E-state index contributed by atoms with van der Waals surface area (Å²) in [6, 6.07) is 14.6. The standard InChI is InChI=1S/C23H26Cl2N2O2S/c1-16(23(29)26-17-8-5-6-9-17)27(14-19-20(24)12-7-13-21(19)25)22(28)15-30-18-10-3-2-4-11-18/h2-4,7,10-13,16-17H,5-6,8-9,14-15H2,1H3,(H,26,29)/t16-/m1/s1. The lowest BCUT2D eigenvalue weighted by Crippen LogP contribution is -2.50. The molecule has 2 amide bonds. The molecular weight excluding hydrogens is 439 g/mol. The third-order valence-corrected chi connectivity index (χ3v) is 7.07. The van der Waals surface area contributed by atoms with Crippen molar-refractivity contribution in [3.05, 3.63) is 64.1 Å². The number of hydrogen-bond acceptors (Lipinski definition) is 3. The fraction of sp³-hybridized carbons (Fsp3) is 0.391. The molecule has 1 fully saturated rings. The number of hydrogen-bond donors (Lipinski definition) is 1. The Balaban J connectivity index is 1.76. The monoisotopic (exact) mass is 464 g/mol. The predicted octanol–water partition coefficient (Wildman–Crippen LogP) is 5.56. The molecule has 30 heavy (non-hydrogen) atoms. The largest absolute Gasteiger partial charge is 0.352 e. The third-order valence-electron chi connectivity index (χ3n) is 5.36. The van der Waals surface area contributed by atoms with Gasteiger partial charge in [-0.1, -0.05) is 60.3 Å². The Kier molecular flexibility index (Phi) is 8.49. The number of benzene rings is 2. The highest BCUT2D eigenvalue weighted by Crippen LogP contribution is 2.27. The van der Waals surface area contributed by atoms with E-state index in [2.05, 4.69) is 5.32 Å². The van der Waals surface area contributed by atoms with Crippen molar-refractivity contribution < 1.29 is 9.59 Å². The molecule has 4 nitrogen and oxygen atoms in total. The summed E-state index contributed by atoms with van der Waals surface area (Å²) in [5.41, 5.74) is 0.652. The van der Waals surface area contributed by atoms with E-state index in [0.29, 0.717) is 15.6 Å². The molecule has 1 atom stereocenters. The minimum absolute atomic E-state index is 0.131. The number of thioether (sulfide) groups is 1. The lowest BCUT2D eigenvalue weighted by atomic mass is 10.1. The zero-order valence-electron chi connectivity index (χ0n) is 16.9. The minimum atomic E-state index is -0.623. The Bertz CT molecular complexity index is 853. The normalized spacial score (nSPS) is 15.0. The highest BCUT2D eigenvalue weighted by molar-refractivity contribution is 8.00. The second-order valence-corrected chi connectivity index (χ2v) is 9.35. The van der Waals surface area contributed by atoms with E-state index >= 15 is 0 Å². The van der Waals surface area contributed by atoms with Crippen LogP contribution in [0.25, 0.3) is 0 Å². The first-order chi connectivity index (χ1) is 14.5. The summed E-state index contributed by atoms with van der Waals surface area (Å²) in [4.78, 5) is 28.6. The number of carbonyl (C=O) groups excluding carboxylic acids is 2. The number of halogens is 2. The zero-order valence-corrected chi connectivity index (χ0v) is 19.3. The summed E-state index contributed by atoms with van der Waals surface area (Å²) in [6.07, 6.45) is 4.25. The van der Waals surface area contributed by atoms with Crippen LogP contribution in [0.2, 0.25) is 10.0 Å². The van der Waals surface area contributed by atoms with Gasteiger partial charge in [-0.05, 0) is 44.0 Å². The first-order valence-corrected chi connectivity index (χ1v) is 11.9. The summed E-state index contributed by atoms with van der Waals surface area (Å²) in [5, 5.41) is 4.07. The second-order valence-electron chi connectivity index (χ2n) is 7.49. The SMILES string of the molecule is C[C@H](C(=O)NC1CCCC1)N(Cc1c(Cl)cccc1Cl)C(=O)CSc1ccccc1. The molecule has 2 aromatic carbocycles. The van der Waals surface area contributed by atoms with E-state index in [-0.39, 0.29) is 30.2 Å². The van der Waals surface area contributed by atoms with Gasteiger partial charge in [0.25, 0.3) is 0 Å². The smallest absolute Gasteiger partial charge is 0.242 e. The fourth-order valence-corrected chi connectivity index (χ4v) is 4.90. The van der Waals surface area contributed by atoms with Gasteiger partial charge in [-0.15, -0.1) is 11.8 Å². The van der Waals surface area contributed by atoms with Crippen molar-refractivity contribution >= 4 is 46.8 Å². The molecule has 0 heterocycles. The van der Waals surface area contributed by atoms with Crippen LogP contribution in [0.4, 0.5) is 0 Å². The van der Waals surface area contributed by atoms with Gasteiger partial charge in [0.2, 0.25) is 11.8 Å². The maximum absolute atomic E-state index is 13.2. The maximum atomic E-state index is 13.2. The molecule has 0 saturated heterocycles. The molecule has 0 unspecified atom stereocenters. The van der Waals surface area contributed by atoms with Gasteiger partial charge in [0, 0.05) is 33.1 Å². The van der Waals surface area contributed by atoms with E-state index < -0.39 is 6.04 Å². The molecular formula is C23H26Cl2N2O2S. The van der Waals surface area contributed by atoms with Gasteiger partial charge in [-0.3, -0.25) is 9.59 Å². The fourth-order valence-electron chi connectivity index (χ4n) is 3.57. The van der Waals surface area contributed by atoms with Gasteiger partial charge in [-0.2, -0.15) is 0 Å². The molecule has 0 spiro atoms. The van der Waals surface area contributed by atoms with Crippen LogP contribution in [0, 0.1) is 0 Å². The van der Waals surface area contributed by atoms with Crippen LogP contribution in [-0.2, 0) is 16.1 Å². The van der Waals surface area contributed by atoms with Crippen molar-refractivity contribution in [2.45, 2.75) is 56.1 Å². The highest BCUT2D eigenvalue weighted by atomic mass is 35.5. The van der Waals surface area contributed by atoms with E-state index in [0.717, 1.165) is 30.6 Å². The van der Waals surface area contributed by atoms with E-state index in [1.54, 1.807) is 30.0 Å². The maximum Gasteiger partial charge on any atom is 0.242 e. The van der Waals surface area contributed by atoms with Crippen molar-refractivity contribution in [3.8, 4) is 0 Å². The van der Waals surface area contributed by atoms with Gasteiger partial charge in [0.1, 0.15) is 6.04 Å². The number of nitrogens with zero attached hydrogens (tertiary/aromatic N) is 1. The van der Waals surface area contributed by atoms with Crippen LogP contribution >= 0.6 is 35.0 Å². The Labute approximate surface area is 192 Å². The quantitative estimate of drug-likeness (QED) is 0.520. The summed E-state index contributed by atoms with van der Waals surface area (Å²) < 4.78 is 0. The van der Waals surface area contributed by atoms with Crippen LogP contribution < -0.4 is 5.32 Å². The van der Waals surface area contributed by atoms with E-state index in [1.807, 2.05) is 30.3 Å². The third kappa shape index (κ3) is 6.16. The van der Waals surface area contributed by atoms with Gasteiger partial charge in [0.15, 0.2) is 0 Å².